The molecule has 0 aliphatic carbocycles. The number of carbonyl (C=O) groups excluding carboxylic acids is 1. The van der Waals surface area contributed by atoms with Gasteiger partial charge in [-0.3, -0.25) is 9.78 Å². The first kappa shape index (κ1) is 16.2. The Hall–Kier alpha value is -2.16. The standard InChI is InChI=1S/C19H24N2O/c1-2-3-4-5-6-7-16-8-10-17(11-9-16)19(22)21-18-12-14-20-15-13-18/h8-15H,2-7H2,1H3,(H,20,21,22). The van der Waals surface area contributed by atoms with Crippen LogP contribution in [0, 0.1) is 0 Å². The van der Waals surface area contributed by atoms with Gasteiger partial charge in [0.1, 0.15) is 0 Å². The molecule has 1 N–H and O–H groups in total. The second-order valence-electron chi connectivity index (χ2n) is 5.55. The molecular formula is C19H24N2O. The van der Waals surface area contributed by atoms with Crippen molar-refractivity contribution in [1.29, 1.82) is 0 Å². The Labute approximate surface area is 132 Å². The number of pyridine rings is 1. The van der Waals surface area contributed by atoms with E-state index < -0.39 is 0 Å². The van der Waals surface area contributed by atoms with Crippen LogP contribution in [0.2, 0.25) is 0 Å². The molecule has 116 valence electrons. The average molecular weight is 296 g/mol. The number of rotatable bonds is 8. The van der Waals surface area contributed by atoms with Crippen LogP contribution in [0.25, 0.3) is 0 Å². The van der Waals surface area contributed by atoms with Crippen molar-refractivity contribution in [3.8, 4) is 0 Å². The topological polar surface area (TPSA) is 42.0 Å². The summed E-state index contributed by atoms with van der Waals surface area (Å²) < 4.78 is 0. The number of nitrogens with zero attached hydrogens (tertiary/aromatic N) is 1. The summed E-state index contributed by atoms with van der Waals surface area (Å²) in [7, 11) is 0. The lowest BCUT2D eigenvalue weighted by Gasteiger charge is -2.06. The molecule has 0 saturated heterocycles. The summed E-state index contributed by atoms with van der Waals surface area (Å²) in [5, 5.41) is 2.87. The fraction of sp³-hybridized carbons (Fsp3) is 0.368. The van der Waals surface area contributed by atoms with Crippen LogP contribution in [0.3, 0.4) is 0 Å². The molecule has 0 aliphatic rings. The van der Waals surface area contributed by atoms with Gasteiger partial charge in [-0.15, -0.1) is 0 Å². The summed E-state index contributed by atoms with van der Waals surface area (Å²) in [4.78, 5) is 16.1. The Morgan fingerprint density at radius 3 is 2.32 bits per heavy atom. The van der Waals surface area contributed by atoms with Gasteiger partial charge < -0.3 is 5.32 Å². The molecule has 3 heteroatoms. The molecule has 1 aromatic carbocycles. The summed E-state index contributed by atoms with van der Waals surface area (Å²) in [6.45, 7) is 2.23. The third-order valence-corrected chi connectivity index (χ3v) is 3.72. The normalized spacial score (nSPS) is 10.4. The maximum atomic E-state index is 12.1. The smallest absolute Gasteiger partial charge is 0.255 e. The lowest BCUT2D eigenvalue weighted by molar-refractivity contribution is 0.102. The van der Waals surface area contributed by atoms with Crippen molar-refractivity contribution in [1.82, 2.24) is 4.98 Å². The van der Waals surface area contributed by atoms with Crippen LogP contribution in [-0.2, 0) is 6.42 Å². The van der Waals surface area contributed by atoms with Crippen molar-refractivity contribution in [3.63, 3.8) is 0 Å². The first-order valence-corrected chi connectivity index (χ1v) is 8.10. The number of nitrogens with one attached hydrogen (secondary N) is 1. The van der Waals surface area contributed by atoms with Gasteiger partial charge in [-0.05, 0) is 42.7 Å². The number of benzene rings is 1. The van der Waals surface area contributed by atoms with E-state index in [0.29, 0.717) is 5.56 Å². The highest BCUT2D eigenvalue weighted by Gasteiger charge is 2.05. The van der Waals surface area contributed by atoms with Crippen LogP contribution in [0.5, 0.6) is 0 Å². The molecule has 1 amide bonds. The molecule has 1 aromatic heterocycles. The molecular weight excluding hydrogens is 272 g/mol. The second-order valence-corrected chi connectivity index (χ2v) is 5.55. The third kappa shape index (κ3) is 5.32. The maximum Gasteiger partial charge on any atom is 0.255 e. The summed E-state index contributed by atoms with van der Waals surface area (Å²) in [6.07, 6.45) is 10.9. The van der Waals surface area contributed by atoms with Crippen LogP contribution in [0.15, 0.2) is 48.8 Å². The van der Waals surface area contributed by atoms with Crippen molar-refractivity contribution >= 4 is 11.6 Å². The number of aryl methyl sites for hydroxylation is 1. The van der Waals surface area contributed by atoms with Crippen molar-refractivity contribution in [3.05, 3.63) is 59.9 Å². The van der Waals surface area contributed by atoms with E-state index in [0.717, 1.165) is 12.1 Å². The second kappa shape index (κ2) is 8.98. The highest BCUT2D eigenvalue weighted by Crippen LogP contribution is 2.12. The maximum absolute atomic E-state index is 12.1. The fourth-order valence-corrected chi connectivity index (χ4v) is 2.39. The molecule has 0 fully saturated rings. The van der Waals surface area contributed by atoms with Crippen molar-refractivity contribution in [2.45, 2.75) is 45.4 Å². The highest BCUT2D eigenvalue weighted by molar-refractivity contribution is 6.04. The van der Waals surface area contributed by atoms with E-state index in [1.807, 2.05) is 12.1 Å². The minimum Gasteiger partial charge on any atom is -0.322 e. The number of unbranched alkanes of at least 4 members (excludes halogenated alkanes) is 4. The minimum atomic E-state index is -0.0827. The molecule has 22 heavy (non-hydrogen) atoms. The number of amides is 1. The number of hydrogen-bond donors (Lipinski definition) is 1. The molecule has 0 saturated carbocycles. The van der Waals surface area contributed by atoms with Gasteiger partial charge in [-0.25, -0.2) is 0 Å². The van der Waals surface area contributed by atoms with Crippen molar-refractivity contribution in [2.24, 2.45) is 0 Å². The molecule has 0 atom stereocenters. The van der Waals surface area contributed by atoms with Gasteiger partial charge in [-0.2, -0.15) is 0 Å². The van der Waals surface area contributed by atoms with Gasteiger partial charge in [0.15, 0.2) is 0 Å². The van der Waals surface area contributed by atoms with E-state index in [1.54, 1.807) is 24.5 Å². The molecule has 3 nitrogen and oxygen atoms in total. The number of carbonyl (C=O) groups is 1. The summed E-state index contributed by atoms with van der Waals surface area (Å²) >= 11 is 0. The van der Waals surface area contributed by atoms with E-state index in [1.165, 1.54) is 37.7 Å². The quantitative estimate of drug-likeness (QED) is 0.708. The molecule has 0 aliphatic heterocycles. The Kier molecular flexibility index (Phi) is 6.62. The number of anilines is 1. The highest BCUT2D eigenvalue weighted by atomic mass is 16.1. The molecule has 2 rings (SSSR count). The predicted octanol–water partition coefficient (Wildman–Crippen LogP) is 4.85. The van der Waals surface area contributed by atoms with Crippen molar-refractivity contribution < 1.29 is 4.79 Å². The van der Waals surface area contributed by atoms with Crippen molar-refractivity contribution in [2.75, 3.05) is 5.32 Å². The monoisotopic (exact) mass is 296 g/mol. The molecule has 2 aromatic rings. The Balaban J connectivity index is 1.82. The molecule has 0 radical (unpaired) electrons. The summed E-state index contributed by atoms with van der Waals surface area (Å²) in [5.74, 6) is -0.0827. The van der Waals surface area contributed by atoms with Crippen LogP contribution in [0.4, 0.5) is 5.69 Å². The minimum absolute atomic E-state index is 0.0827. The van der Waals surface area contributed by atoms with E-state index in [9.17, 15) is 4.79 Å². The van der Waals surface area contributed by atoms with E-state index in [-0.39, 0.29) is 5.91 Å². The van der Waals surface area contributed by atoms with Gasteiger partial charge in [0, 0.05) is 23.6 Å². The first-order chi connectivity index (χ1) is 10.8. The fourth-order valence-electron chi connectivity index (χ4n) is 2.39. The van der Waals surface area contributed by atoms with Gasteiger partial charge in [0.25, 0.3) is 5.91 Å². The average Bonchev–Trinajstić information content (AvgIpc) is 2.56. The predicted molar refractivity (Wildman–Crippen MR) is 91.1 cm³/mol. The molecule has 0 unspecified atom stereocenters. The van der Waals surface area contributed by atoms with Crippen LogP contribution in [-0.4, -0.2) is 10.9 Å². The summed E-state index contributed by atoms with van der Waals surface area (Å²) in [5.41, 5.74) is 2.75. The largest absolute Gasteiger partial charge is 0.322 e. The van der Waals surface area contributed by atoms with Crippen LogP contribution < -0.4 is 5.32 Å². The van der Waals surface area contributed by atoms with Gasteiger partial charge in [-0.1, -0.05) is 44.7 Å². The number of aromatic nitrogens is 1. The lowest BCUT2D eigenvalue weighted by Crippen LogP contribution is -2.11. The first-order valence-electron chi connectivity index (χ1n) is 8.10. The van der Waals surface area contributed by atoms with E-state index >= 15 is 0 Å². The van der Waals surface area contributed by atoms with Gasteiger partial charge in [0.05, 0.1) is 0 Å². The zero-order valence-corrected chi connectivity index (χ0v) is 13.2. The molecule has 0 bridgehead atoms. The van der Waals surface area contributed by atoms with E-state index in [2.05, 4.69) is 29.4 Å². The Morgan fingerprint density at radius 1 is 0.955 bits per heavy atom. The lowest BCUT2D eigenvalue weighted by atomic mass is 10.0. The SMILES string of the molecule is CCCCCCCc1ccc(C(=O)Nc2ccncc2)cc1. The van der Waals surface area contributed by atoms with Crippen LogP contribution in [0.1, 0.15) is 54.9 Å². The summed E-state index contributed by atoms with van der Waals surface area (Å²) in [6, 6.07) is 11.5. The zero-order chi connectivity index (χ0) is 15.6. The van der Waals surface area contributed by atoms with Gasteiger partial charge >= 0.3 is 0 Å². The van der Waals surface area contributed by atoms with E-state index in [4.69, 9.17) is 0 Å². The molecule has 1 heterocycles. The Bertz CT molecular complexity index is 564. The number of hydrogen-bond acceptors (Lipinski definition) is 2. The van der Waals surface area contributed by atoms with Crippen LogP contribution >= 0.6 is 0 Å². The molecule has 0 spiro atoms. The third-order valence-electron chi connectivity index (χ3n) is 3.72. The zero-order valence-electron chi connectivity index (χ0n) is 13.2. The Morgan fingerprint density at radius 2 is 1.64 bits per heavy atom. The van der Waals surface area contributed by atoms with Gasteiger partial charge in [0.2, 0.25) is 0 Å².